The summed E-state index contributed by atoms with van der Waals surface area (Å²) in [6.45, 7) is 2.94. The van der Waals surface area contributed by atoms with E-state index in [0.717, 1.165) is 38.0 Å². The molecule has 1 saturated carbocycles. The Bertz CT molecular complexity index is 789. The molecule has 2 fully saturated rings. The van der Waals surface area contributed by atoms with E-state index in [4.69, 9.17) is 0 Å². The minimum atomic E-state index is -0.321. The maximum absolute atomic E-state index is 14.0. The molecule has 0 amide bonds. The van der Waals surface area contributed by atoms with Gasteiger partial charge in [-0.2, -0.15) is 0 Å². The molecular weight excluding hydrogens is 332 g/mol. The van der Waals surface area contributed by atoms with E-state index < -0.39 is 0 Å². The highest BCUT2D eigenvalue weighted by molar-refractivity contribution is 5.95. The van der Waals surface area contributed by atoms with Crippen molar-refractivity contribution < 1.29 is 13.6 Å². The molecule has 2 aliphatic rings. The molecule has 4 heteroatoms. The quantitative estimate of drug-likeness (QED) is 0.702. The molecule has 2 nitrogen and oxygen atoms in total. The van der Waals surface area contributed by atoms with Gasteiger partial charge in [-0.3, -0.25) is 4.79 Å². The van der Waals surface area contributed by atoms with Gasteiger partial charge in [0.2, 0.25) is 0 Å². The Morgan fingerprint density at radius 3 is 2.58 bits per heavy atom. The maximum Gasteiger partial charge on any atom is 0.162 e. The largest absolute Gasteiger partial charge is 0.303 e. The summed E-state index contributed by atoms with van der Waals surface area (Å²) < 4.78 is 26.9. The Kier molecular flexibility index (Phi) is 4.86. The van der Waals surface area contributed by atoms with Crippen LogP contribution >= 0.6 is 0 Å². The zero-order chi connectivity index (χ0) is 18.1. The molecule has 3 atom stereocenters. The molecule has 136 valence electrons. The predicted molar refractivity (Wildman–Crippen MR) is 97.1 cm³/mol. The number of rotatable bonds is 6. The third-order valence-electron chi connectivity index (χ3n) is 5.99. The molecule has 1 aliphatic heterocycles. The van der Waals surface area contributed by atoms with E-state index in [1.807, 2.05) is 12.1 Å². The van der Waals surface area contributed by atoms with Crippen molar-refractivity contribution >= 4 is 5.78 Å². The van der Waals surface area contributed by atoms with Crippen molar-refractivity contribution in [3.05, 3.63) is 71.3 Å². The molecule has 1 aliphatic carbocycles. The number of nitrogens with zero attached hydrogens (tertiary/aromatic N) is 1. The molecular formula is C22H23F2NO. The summed E-state index contributed by atoms with van der Waals surface area (Å²) in [6.07, 6.45) is 2.35. The second-order valence-electron chi connectivity index (χ2n) is 7.58. The first-order valence-electron chi connectivity index (χ1n) is 9.37. The Balaban J connectivity index is 1.26. The van der Waals surface area contributed by atoms with Crippen molar-refractivity contribution in [1.29, 1.82) is 0 Å². The van der Waals surface area contributed by atoms with Crippen LogP contribution in [0.15, 0.2) is 48.5 Å². The summed E-state index contributed by atoms with van der Waals surface area (Å²) in [5.41, 5.74) is 1.44. The zero-order valence-corrected chi connectivity index (χ0v) is 14.7. The van der Waals surface area contributed by atoms with Crippen LogP contribution in [0, 0.1) is 23.5 Å². The van der Waals surface area contributed by atoms with Crippen LogP contribution in [-0.4, -0.2) is 30.3 Å². The summed E-state index contributed by atoms with van der Waals surface area (Å²) >= 11 is 0. The highest BCUT2D eigenvalue weighted by Gasteiger charge is 2.47. The second kappa shape index (κ2) is 7.28. The average molecular weight is 355 g/mol. The van der Waals surface area contributed by atoms with Gasteiger partial charge in [0.05, 0.1) is 0 Å². The third-order valence-corrected chi connectivity index (χ3v) is 5.99. The lowest BCUT2D eigenvalue weighted by atomic mass is 9.64. The van der Waals surface area contributed by atoms with Crippen LogP contribution < -0.4 is 0 Å². The molecule has 1 heterocycles. The van der Waals surface area contributed by atoms with Gasteiger partial charge in [-0.05, 0) is 73.0 Å². The Morgan fingerprint density at radius 2 is 1.81 bits per heavy atom. The molecule has 0 spiro atoms. The minimum Gasteiger partial charge on any atom is -0.303 e. The number of Topliss-reactive ketones (excluding diaryl/α,β-unsaturated/α-hetero) is 1. The van der Waals surface area contributed by atoms with Gasteiger partial charge in [-0.25, -0.2) is 8.78 Å². The summed E-state index contributed by atoms with van der Waals surface area (Å²) in [7, 11) is 0. The topological polar surface area (TPSA) is 20.3 Å². The van der Waals surface area contributed by atoms with Crippen LogP contribution in [0.3, 0.4) is 0 Å². The minimum absolute atomic E-state index is 0.0661. The summed E-state index contributed by atoms with van der Waals surface area (Å²) in [4.78, 5) is 14.6. The normalized spacial score (nSPS) is 24.9. The van der Waals surface area contributed by atoms with Crippen LogP contribution in [0.5, 0.6) is 0 Å². The first-order valence-corrected chi connectivity index (χ1v) is 9.37. The van der Waals surface area contributed by atoms with Crippen molar-refractivity contribution in [2.24, 2.45) is 11.8 Å². The first-order chi connectivity index (χ1) is 12.6. The Labute approximate surface area is 152 Å². The van der Waals surface area contributed by atoms with Crippen molar-refractivity contribution in [3.8, 4) is 0 Å². The van der Waals surface area contributed by atoms with Gasteiger partial charge in [-0.1, -0.05) is 18.2 Å². The summed E-state index contributed by atoms with van der Waals surface area (Å²) in [6, 6.07) is 12.9. The SMILES string of the molecule is O=C(CCCN1CC2CC(c3ccccc3F)C2C1)c1ccc(F)cc1. The lowest BCUT2D eigenvalue weighted by Crippen LogP contribution is -2.34. The van der Waals surface area contributed by atoms with E-state index in [1.54, 1.807) is 24.3 Å². The Morgan fingerprint density at radius 1 is 1.04 bits per heavy atom. The number of hydrogen-bond acceptors (Lipinski definition) is 2. The van der Waals surface area contributed by atoms with Gasteiger partial charge >= 0.3 is 0 Å². The van der Waals surface area contributed by atoms with E-state index in [2.05, 4.69) is 4.90 Å². The van der Waals surface area contributed by atoms with E-state index in [9.17, 15) is 13.6 Å². The van der Waals surface area contributed by atoms with Gasteiger partial charge in [0.1, 0.15) is 11.6 Å². The molecule has 0 bridgehead atoms. The molecule has 0 aromatic heterocycles. The Hall–Kier alpha value is -2.07. The molecule has 26 heavy (non-hydrogen) atoms. The summed E-state index contributed by atoms with van der Waals surface area (Å²) in [5, 5.41) is 0. The number of likely N-dealkylation sites (tertiary alicyclic amines) is 1. The molecule has 0 radical (unpaired) electrons. The van der Waals surface area contributed by atoms with E-state index in [1.165, 1.54) is 12.1 Å². The maximum atomic E-state index is 14.0. The number of hydrogen-bond donors (Lipinski definition) is 0. The van der Waals surface area contributed by atoms with Gasteiger partial charge in [-0.15, -0.1) is 0 Å². The van der Waals surface area contributed by atoms with Crippen LogP contribution in [-0.2, 0) is 0 Å². The van der Waals surface area contributed by atoms with Crippen molar-refractivity contribution in [1.82, 2.24) is 4.90 Å². The summed E-state index contributed by atoms with van der Waals surface area (Å²) in [5.74, 6) is 1.20. The number of benzene rings is 2. The van der Waals surface area contributed by atoms with Crippen molar-refractivity contribution in [3.63, 3.8) is 0 Å². The molecule has 3 unspecified atom stereocenters. The van der Waals surface area contributed by atoms with Crippen LogP contribution in [0.4, 0.5) is 8.78 Å². The third kappa shape index (κ3) is 3.43. The fraction of sp³-hybridized carbons (Fsp3) is 0.409. The van der Waals surface area contributed by atoms with Gasteiger partial charge in [0, 0.05) is 25.1 Å². The number of ketones is 1. The number of fused-ring (bicyclic) bond motifs is 1. The number of carbonyl (C=O) groups excluding carboxylic acids is 1. The van der Waals surface area contributed by atoms with Crippen LogP contribution in [0.25, 0.3) is 0 Å². The molecule has 2 aromatic rings. The first kappa shape index (κ1) is 17.3. The molecule has 1 saturated heterocycles. The lowest BCUT2D eigenvalue weighted by Gasteiger charge is -2.40. The fourth-order valence-corrected chi connectivity index (χ4v) is 4.56. The van der Waals surface area contributed by atoms with E-state index in [0.29, 0.717) is 29.7 Å². The predicted octanol–water partition coefficient (Wildman–Crippen LogP) is 4.66. The van der Waals surface area contributed by atoms with Crippen molar-refractivity contribution in [2.75, 3.05) is 19.6 Å². The van der Waals surface area contributed by atoms with E-state index >= 15 is 0 Å². The molecule has 2 aromatic carbocycles. The number of carbonyl (C=O) groups is 1. The number of halogens is 2. The lowest BCUT2D eigenvalue weighted by molar-refractivity contribution is 0.0976. The standard InChI is InChI=1S/C22H23F2NO/c23-17-9-7-15(8-10-17)22(26)6-3-11-25-13-16-12-19(20(16)14-25)18-4-1-2-5-21(18)24/h1-2,4-5,7-10,16,19-20H,3,6,11-14H2. The van der Waals surface area contributed by atoms with Gasteiger partial charge < -0.3 is 4.90 Å². The van der Waals surface area contributed by atoms with Crippen LogP contribution in [0.2, 0.25) is 0 Å². The smallest absolute Gasteiger partial charge is 0.162 e. The molecule has 4 rings (SSSR count). The fourth-order valence-electron chi connectivity index (χ4n) is 4.56. The average Bonchev–Trinajstić information content (AvgIpc) is 2.94. The van der Waals surface area contributed by atoms with Crippen LogP contribution in [0.1, 0.15) is 41.1 Å². The van der Waals surface area contributed by atoms with Gasteiger partial charge in [0.25, 0.3) is 0 Å². The van der Waals surface area contributed by atoms with E-state index in [-0.39, 0.29) is 17.4 Å². The van der Waals surface area contributed by atoms with Gasteiger partial charge in [0.15, 0.2) is 5.78 Å². The highest BCUT2D eigenvalue weighted by Crippen LogP contribution is 2.51. The molecule has 0 N–H and O–H groups in total. The monoisotopic (exact) mass is 355 g/mol. The highest BCUT2D eigenvalue weighted by atomic mass is 19.1. The zero-order valence-electron chi connectivity index (χ0n) is 14.7. The van der Waals surface area contributed by atoms with Crippen molar-refractivity contribution in [2.45, 2.75) is 25.2 Å². The second-order valence-corrected chi connectivity index (χ2v) is 7.58.